The van der Waals surface area contributed by atoms with Crippen LogP contribution in [0.5, 0.6) is 5.75 Å². The first kappa shape index (κ1) is 26.9. The summed E-state index contributed by atoms with van der Waals surface area (Å²) in [5.41, 5.74) is 10.7. The van der Waals surface area contributed by atoms with Crippen LogP contribution >= 0.6 is 0 Å². The van der Waals surface area contributed by atoms with Gasteiger partial charge in [-0.3, -0.25) is 4.98 Å². The lowest BCUT2D eigenvalue weighted by Gasteiger charge is -2.25. The fraction of sp³-hybridized carbons (Fsp3) is 0.464. The van der Waals surface area contributed by atoms with Gasteiger partial charge in [-0.05, 0) is 51.2 Å². The summed E-state index contributed by atoms with van der Waals surface area (Å²) in [6, 6.07) is 9.16. The minimum absolute atomic E-state index is 0.0376. The monoisotopic (exact) mass is 538 g/mol. The lowest BCUT2D eigenvalue weighted by molar-refractivity contribution is -0.0493. The van der Waals surface area contributed by atoms with E-state index >= 15 is 0 Å². The van der Waals surface area contributed by atoms with Crippen LogP contribution in [-0.2, 0) is 5.41 Å². The number of benzene rings is 1. The van der Waals surface area contributed by atoms with Crippen LogP contribution in [0.2, 0.25) is 0 Å². The number of halogens is 2. The van der Waals surface area contributed by atoms with Gasteiger partial charge >= 0.3 is 6.61 Å². The second-order valence-corrected chi connectivity index (χ2v) is 11.2. The maximum atomic E-state index is 13.3. The first-order chi connectivity index (χ1) is 18.5. The minimum atomic E-state index is -3.00. The standard InChI is InChI=1S/C28H36F2N8O/c1-28(2)16-38(21-9-8-19(17-6-7-17)33-25(21)28)24-10-11-32-27(35-24)34-20-14-18(31)22(15-23(20)39-26(29)30)37(5)13-12-36(3)4/h8-11,14-15,17,26H,6-7,12-13,16,31H2,1-5H3,(H,32,34,35). The Kier molecular flexibility index (Phi) is 7.19. The number of rotatable bonds is 10. The number of nitrogens with zero attached hydrogens (tertiary/aromatic N) is 6. The lowest BCUT2D eigenvalue weighted by Crippen LogP contribution is -2.29. The first-order valence-electron chi connectivity index (χ1n) is 13.1. The maximum absolute atomic E-state index is 13.3. The van der Waals surface area contributed by atoms with E-state index in [4.69, 9.17) is 20.4 Å². The van der Waals surface area contributed by atoms with Crippen LogP contribution in [0, 0.1) is 0 Å². The van der Waals surface area contributed by atoms with Gasteiger partial charge in [0.25, 0.3) is 0 Å². The largest absolute Gasteiger partial charge is 0.433 e. The van der Waals surface area contributed by atoms with Crippen molar-refractivity contribution in [1.82, 2.24) is 19.9 Å². The molecule has 39 heavy (non-hydrogen) atoms. The molecule has 3 heterocycles. The summed E-state index contributed by atoms with van der Waals surface area (Å²) in [4.78, 5) is 20.1. The predicted molar refractivity (Wildman–Crippen MR) is 151 cm³/mol. The molecule has 11 heteroatoms. The number of nitrogens with two attached hydrogens (primary N) is 1. The van der Waals surface area contributed by atoms with Gasteiger partial charge in [-0.1, -0.05) is 13.8 Å². The van der Waals surface area contributed by atoms with Crippen LogP contribution in [-0.4, -0.2) is 67.2 Å². The third-order valence-electron chi connectivity index (χ3n) is 7.18. The summed E-state index contributed by atoms with van der Waals surface area (Å²) >= 11 is 0. The number of nitrogen functional groups attached to an aromatic ring is 1. The fourth-order valence-corrected chi connectivity index (χ4v) is 4.91. The lowest BCUT2D eigenvalue weighted by atomic mass is 9.91. The fourth-order valence-electron chi connectivity index (χ4n) is 4.91. The Morgan fingerprint density at radius 1 is 1.13 bits per heavy atom. The summed E-state index contributed by atoms with van der Waals surface area (Å²) in [5, 5.41) is 3.05. The van der Waals surface area contributed by atoms with Gasteiger partial charge in [0, 0.05) is 56.0 Å². The van der Waals surface area contributed by atoms with E-state index in [1.807, 2.05) is 37.0 Å². The summed E-state index contributed by atoms with van der Waals surface area (Å²) < 4.78 is 31.6. The van der Waals surface area contributed by atoms with Gasteiger partial charge in [-0.2, -0.15) is 13.8 Å². The van der Waals surface area contributed by atoms with Gasteiger partial charge in [0.15, 0.2) is 5.75 Å². The van der Waals surface area contributed by atoms with E-state index < -0.39 is 6.61 Å². The molecule has 5 rings (SSSR count). The van der Waals surface area contributed by atoms with Crippen molar-refractivity contribution in [1.29, 1.82) is 0 Å². The third-order valence-corrected chi connectivity index (χ3v) is 7.18. The van der Waals surface area contributed by atoms with Gasteiger partial charge in [-0.25, -0.2) is 4.98 Å². The summed E-state index contributed by atoms with van der Waals surface area (Å²) in [5.74, 6) is 1.47. The second-order valence-electron chi connectivity index (χ2n) is 11.2. The number of hydrogen-bond donors (Lipinski definition) is 2. The molecular formula is C28H36F2N8O. The molecule has 0 saturated heterocycles. The molecule has 2 aliphatic rings. The zero-order valence-electron chi connectivity index (χ0n) is 23.1. The molecule has 0 spiro atoms. The van der Waals surface area contributed by atoms with E-state index in [2.05, 4.69) is 41.2 Å². The molecule has 2 aromatic heterocycles. The van der Waals surface area contributed by atoms with Crippen molar-refractivity contribution >= 4 is 34.5 Å². The van der Waals surface area contributed by atoms with Gasteiger partial charge < -0.3 is 30.5 Å². The summed E-state index contributed by atoms with van der Waals surface area (Å²) in [6.07, 6.45) is 4.04. The number of hydrogen-bond acceptors (Lipinski definition) is 9. The van der Waals surface area contributed by atoms with E-state index in [9.17, 15) is 8.78 Å². The van der Waals surface area contributed by atoms with Crippen LogP contribution in [0.3, 0.4) is 0 Å². The van der Waals surface area contributed by atoms with E-state index in [1.54, 1.807) is 12.3 Å². The molecule has 1 fully saturated rings. The molecular weight excluding hydrogens is 502 g/mol. The number of nitrogens with one attached hydrogen (secondary N) is 1. The van der Waals surface area contributed by atoms with Crippen molar-refractivity contribution in [2.75, 3.05) is 61.6 Å². The van der Waals surface area contributed by atoms with E-state index in [0.717, 1.165) is 23.6 Å². The summed E-state index contributed by atoms with van der Waals surface area (Å²) in [7, 11) is 5.79. The van der Waals surface area contributed by atoms with Crippen LogP contribution in [0.25, 0.3) is 0 Å². The highest BCUT2D eigenvalue weighted by atomic mass is 19.3. The number of pyridine rings is 1. The molecule has 0 bridgehead atoms. The number of ether oxygens (including phenoxy) is 1. The Morgan fingerprint density at radius 3 is 2.59 bits per heavy atom. The SMILES string of the molecule is CN(C)CCN(C)c1cc(OC(F)F)c(Nc2nccc(N3CC(C)(C)c4nc(C5CC5)ccc43)n2)cc1N. The van der Waals surface area contributed by atoms with Gasteiger partial charge in [0.1, 0.15) is 5.82 Å². The molecule has 1 aliphatic carbocycles. The van der Waals surface area contributed by atoms with Crippen molar-refractivity contribution in [2.24, 2.45) is 0 Å². The highest BCUT2D eigenvalue weighted by Crippen LogP contribution is 2.46. The molecule has 3 aromatic rings. The second kappa shape index (κ2) is 10.4. The van der Waals surface area contributed by atoms with Crippen molar-refractivity contribution in [3.05, 3.63) is 47.9 Å². The van der Waals surface area contributed by atoms with Crippen molar-refractivity contribution in [3.63, 3.8) is 0 Å². The van der Waals surface area contributed by atoms with E-state index in [1.165, 1.54) is 18.9 Å². The highest BCUT2D eigenvalue weighted by Gasteiger charge is 2.39. The van der Waals surface area contributed by atoms with Crippen molar-refractivity contribution in [3.8, 4) is 5.75 Å². The molecule has 0 radical (unpaired) electrons. The molecule has 3 N–H and O–H groups in total. The Labute approximate surface area is 228 Å². The molecule has 0 atom stereocenters. The molecule has 1 saturated carbocycles. The van der Waals surface area contributed by atoms with Crippen LogP contribution in [0.4, 0.5) is 43.3 Å². The van der Waals surface area contributed by atoms with Crippen LogP contribution < -0.4 is 25.6 Å². The molecule has 1 aliphatic heterocycles. The topological polar surface area (TPSA) is 95.7 Å². The number of fused-ring (bicyclic) bond motifs is 1. The zero-order chi connectivity index (χ0) is 27.9. The Bertz CT molecular complexity index is 1350. The van der Waals surface area contributed by atoms with Crippen LogP contribution in [0.1, 0.15) is 44.0 Å². The molecule has 0 amide bonds. The number of likely N-dealkylation sites (N-methyl/N-ethyl adjacent to an activating group) is 2. The average Bonchev–Trinajstić information content (AvgIpc) is 3.69. The smallest absolute Gasteiger partial charge is 0.387 e. The number of anilines is 6. The zero-order valence-corrected chi connectivity index (χ0v) is 23.1. The van der Waals surface area contributed by atoms with Gasteiger partial charge in [0.05, 0.1) is 28.4 Å². The Hall–Kier alpha value is -3.73. The molecule has 0 unspecified atom stereocenters. The average molecular weight is 539 g/mol. The van der Waals surface area contributed by atoms with E-state index in [-0.39, 0.29) is 22.8 Å². The number of alkyl halides is 2. The molecule has 208 valence electrons. The van der Waals surface area contributed by atoms with Crippen LogP contribution in [0.15, 0.2) is 36.5 Å². The van der Waals surface area contributed by atoms with Gasteiger partial charge in [-0.15, -0.1) is 0 Å². The third kappa shape index (κ3) is 5.83. The number of aromatic nitrogens is 3. The minimum Gasteiger partial charge on any atom is -0.433 e. The molecule has 1 aromatic carbocycles. The summed E-state index contributed by atoms with van der Waals surface area (Å²) in [6.45, 7) is 3.51. The molecule has 9 nitrogen and oxygen atoms in total. The Morgan fingerprint density at radius 2 is 1.90 bits per heavy atom. The quantitative estimate of drug-likeness (QED) is 0.342. The normalized spacial score (nSPS) is 16.1. The Balaban J connectivity index is 1.42. The van der Waals surface area contributed by atoms with Crippen molar-refractivity contribution in [2.45, 2.75) is 44.6 Å². The highest BCUT2D eigenvalue weighted by molar-refractivity contribution is 5.79. The first-order valence-corrected chi connectivity index (χ1v) is 13.1. The predicted octanol–water partition coefficient (Wildman–Crippen LogP) is 5.10. The maximum Gasteiger partial charge on any atom is 0.387 e. The van der Waals surface area contributed by atoms with E-state index in [0.29, 0.717) is 36.2 Å². The van der Waals surface area contributed by atoms with Gasteiger partial charge in [0.2, 0.25) is 5.95 Å². The van der Waals surface area contributed by atoms with Crippen molar-refractivity contribution < 1.29 is 13.5 Å².